The third-order valence-corrected chi connectivity index (χ3v) is 6.63. The van der Waals surface area contributed by atoms with Gasteiger partial charge in [-0.15, -0.1) is 0 Å². The Morgan fingerprint density at radius 2 is 1.97 bits per heavy atom. The number of halogens is 1. The Morgan fingerprint density at radius 3 is 2.66 bits per heavy atom. The van der Waals surface area contributed by atoms with Crippen LogP contribution in [-0.2, 0) is 21.4 Å². The molecule has 0 saturated carbocycles. The highest BCUT2D eigenvalue weighted by atomic mass is 35.5. The van der Waals surface area contributed by atoms with E-state index in [1.54, 1.807) is 24.3 Å². The molecule has 29 heavy (non-hydrogen) atoms. The molecule has 1 saturated heterocycles. The van der Waals surface area contributed by atoms with Crippen LogP contribution >= 0.6 is 11.6 Å². The van der Waals surface area contributed by atoms with Crippen molar-refractivity contribution in [1.82, 2.24) is 4.90 Å². The number of nitrogens with zero attached hydrogens (tertiary/aromatic N) is 2. The number of carbonyl (C=O) groups is 1. The molecule has 0 spiro atoms. The van der Waals surface area contributed by atoms with Gasteiger partial charge in [-0.3, -0.25) is 14.0 Å². The van der Waals surface area contributed by atoms with E-state index in [4.69, 9.17) is 11.6 Å². The third kappa shape index (κ3) is 5.95. The fraction of sp³-hybridized carbons (Fsp3) is 0.381. The van der Waals surface area contributed by atoms with Gasteiger partial charge in [0.1, 0.15) is 0 Å². The molecule has 0 aliphatic carbocycles. The Bertz CT molecular complexity index is 963. The standard InChI is InChI=1S/C21H26ClN3O3S/c1-24(29(2,27)28)20-7-3-6-19(13-20)23-21(26)17-5-4-12-25(15-17)14-16-8-10-18(22)11-9-16/h3,6-11,13,17H,4-5,12,14-15H2,1-2H3,(H,23,26). The van der Waals surface area contributed by atoms with E-state index in [0.717, 1.165) is 32.2 Å². The van der Waals surface area contributed by atoms with Crippen LogP contribution in [0.4, 0.5) is 11.4 Å². The number of sulfonamides is 1. The number of benzene rings is 2. The van der Waals surface area contributed by atoms with Crippen molar-refractivity contribution < 1.29 is 13.2 Å². The molecule has 1 unspecified atom stereocenters. The fourth-order valence-electron chi connectivity index (χ4n) is 3.48. The van der Waals surface area contributed by atoms with Gasteiger partial charge >= 0.3 is 0 Å². The summed E-state index contributed by atoms with van der Waals surface area (Å²) in [5, 5.41) is 3.66. The number of carbonyl (C=O) groups excluding carboxylic acids is 1. The highest BCUT2D eigenvalue weighted by Gasteiger charge is 2.26. The smallest absolute Gasteiger partial charge is 0.231 e. The monoisotopic (exact) mass is 435 g/mol. The van der Waals surface area contributed by atoms with Crippen LogP contribution in [0.2, 0.25) is 5.02 Å². The Hall–Kier alpha value is -2.09. The summed E-state index contributed by atoms with van der Waals surface area (Å²) in [5.74, 6) is -0.141. The average molecular weight is 436 g/mol. The number of amides is 1. The van der Waals surface area contributed by atoms with Crippen LogP contribution in [0.1, 0.15) is 18.4 Å². The minimum Gasteiger partial charge on any atom is -0.326 e. The maximum absolute atomic E-state index is 12.8. The number of hydrogen-bond donors (Lipinski definition) is 1. The lowest BCUT2D eigenvalue weighted by Crippen LogP contribution is -2.40. The molecule has 1 atom stereocenters. The van der Waals surface area contributed by atoms with E-state index in [1.807, 2.05) is 24.3 Å². The molecule has 1 aliphatic rings. The van der Waals surface area contributed by atoms with Crippen molar-refractivity contribution in [2.75, 3.05) is 36.0 Å². The summed E-state index contributed by atoms with van der Waals surface area (Å²) < 4.78 is 24.7. The van der Waals surface area contributed by atoms with E-state index < -0.39 is 10.0 Å². The second-order valence-corrected chi connectivity index (χ2v) is 9.92. The molecule has 1 aliphatic heterocycles. The Labute approximate surface area is 177 Å². The van der Waals surface area contributed by atoms with Crippen molar-refractivity contribution in [3.8, 4) is 0 Å². The molecule has 3 rings (SSSR count). The highest BCUT2D eigenvalue weighted by molar-refractivity contribution is 7.92. The average Bonchev–Trinajstić information content (AvgIpc) is 2.69. The second-order valence-electron chi connectivity index (χ2n) is 7.47. The highest BCUT2D eigenvalue weighted by Crippen LogP contribution is 2.24. The lowest BCUT2D eigenvalue weighted by atomic mass is 9.96. The molecule has 0 aromatic heterocycles. The first kappa shape index (κ1) is 21.6. The Morgan fingerprint density at radius 1 is 1.24 bits per heavy atom. The van der Waals surface area contributed by atoms with Gasteiger partial charge in [0.15, 0.2) is 0 Å². The minimum absolute atomic E-state index is 0.0371. The SMILES string of the molecule is CN(c1cccc(NC(=O)C2CCCN(Cc3ccc(Cl)cc3)C2)c1)S(C)(=O)=O. The number of anilines is 2. The number of likely N-dealkylation sites (tertiary alicyclic amines) is 1. The molecule has 2 aromatic carbocycles. The van der Waals surface area contributed by atoms with Crippen LogP contribution in [0.25, 0.3) is 0 Å². The van der Waals surface area contributed by atoms with E-state index in [9.17, 15) is 13.2 Å². The van der Waals surface area contributed by atoms with E-state index in [1.165, 1.54) is 16.9 Å². The van der Waals surface area contributed by atoms with Crippen LogP contribution in [0.15, 0.2) is 48.5 Å². The normalized spacial score (nSPS) is 17.7. The summed E-state index contributed by atoms with van der Waals surface area (Å²) in [4.78, 5) is 15.1. The lowest BCUT2D eigenvalue weighted by molar-refractivity contribution is -0.121. The van der Waals surface area contributed by atoms with Crippen LogP contribution < -0.4 is 9.62 Å². The molecule has 6 nitrogen and oxygen atoms in total. The van der Waals surface area contributed by atoms with Gasteiger partial charge in [-0.25, -0.2) is 8.42 Å². The summed E-state index contributed by atoms with van der Waals surface area (Å²) >= 11 is 5.95. The van der Waals surface area contributed by atoms with Crippen LogP contribution in [-0.4, -0.2) is 45.6 Å². The molecule has 1 N–H and O–H groups in total. The Balaban J connectivity index is 1.62. The maximum atomic E-state index is 12.8. The van der Waals surface area contributed by atoms with Gasteiger partial charge in [0.05, 0.1) is 17.9 Å². The van der Waals surface area contributed by atoms with Crippen molar-refractivity contribution >= 4 is 38.9 Å². The number of nitrogens with one attached hydrogen (secondary N) is 1. The fourth-order valence-corrected chi connectivity index (χ4v) is 4.10. The second kappa shape index (κ2) is 9.15. The zero-order valence-electron chi connectivity index (χ0n) is 16.6. The van der Waals surface area contributed by atoms with Crippen molar-refractivity contribution in [1.29, 1.82) is 0 Å². The van der Waals surface area contributed by atoms with Crippen molar-refractivity contribution in [2.24, 2.45) is 5.92 Å². The summed E-state index contributed by atoms with van der Waals surface area (Å²) in [6, 6.07) is 14.7. The van der Waals surface area contributed by atoms with Gasteiger partial charge in [-0.2, -0.15) is 0 Å². The molecular formula is C21H26ClN3O3S. The summed E-state index contributed by atoms with van der Waals surface area (Å²) in [6.45, 7) is 2.44. The number of rotatable bonds is 6. The maximum Gasteiger partial charge on any atom is 0.231 e. The minimum atomic E-state index is -3.36. The number of piperidine rings is 1. The van der Waals surface area contributed by atoms with Crippen LogP contribution in [0.3, 0.4) is 0 Å². The van der Waals surface area contributed by atoms with Crippen LogP contribution in [0.5, 0.6) is 0 Å². The van der Waals surface area contributed by atoms with Gasteiger partial charge in [0.25, 0.3) is 0 Å². The van der Waals surface area contributed by atoms with Gasteiger partial charge in [-0.1, -0.05) is 29.8 Å². The predicted octanol–water partition coefficient (Wildman–Crippen LogP) is 3.59. The quantitative estimate of drug-likeness (QED) is 0.752. The predicted molar refractivity (Wildman–Crippen MR) is 118 cm³/mol. The molecule has 0 bridgehead atoms. The summed E-state index contributed by atoms with van der Waals surface area (Å²) in [6.07, 6.45) is 2.95. The largest absolute Gasteiger partial charge is 0.326 e. The first-order chi connectivity index (χ1) is 13.7. The van der Waals surface area contributed by atoms with Crippen LogP contribution in [0, 0.1) is 5.92 Å². The van der Waals surface area contributed by atoms with Gasteiger partial charge < -0.3 is 5.32 Å². The summed E-state index contributed by atoms with van der Waals surface area (Å²) in [7, 11) is -1.86. The van der Waals surface area contributed by atoms with Gasteiger partial charge in [0, 0.05) is 30.8 Å². The first-order valence-corrected chi connectivity index (χ1v) is 11.8. The van der Waals surface area contributed by atoms with Crippen molar-refractivity contribution in [3.63, 3.8) is 0 Å². The number of hydrogen-bond acceptors (Lipinski definition) is 4. The molecule has 8 heteroatoms. The molecule has 0 radical (unpaired) electrons. The molecule has 156 valence electrons. The molecule has 2 aromatic rings. The zero-order chi connectivity index (χ0) is 21.0. The zero-order valence-corrected chi connectivity index (χ0v) is 18.2. The Kier molecular flexibility index (Phi) is 6.82. The molecular weight excluding hydrogens is 410 g/mol. The lowest BCUT2D eigenvalue weighted by Gasteiger charge is -2.32. The van der Waals surface area contributed by atoms with E-state index in [2.05, 4.69) is 10.2 Å². The van der Waals surface area contributed by atoms with E-state index in [0.29, 0.717) is 22.9 Å². The first-order valence-electron chi connectivity index (χ1n) is 9.54. The van der Waals surface area contributed by atoms with E-state index >= 15 is 0 Å². The molecule has 1 fully saturated rings. The van der Waals surface area contributed by atoms with Crippen molar-refractivity contribution in [3.05, 3.63) is 59.1 Å². The van der Waals surface area contributed by atoms with E-state index in [-0.39, 0.29) is 11.8 Å². The molecule has 1 heterocycles. The molecule has 1 amide bonds. The van der Waals surface area contributed by atoms with Gasteiger partial charge in [0.2, 0.25) is 15.9 Å². The summed E-state index contributed by atoms with van der Waals surface area (Å²) in [5.41, 5.74) is 2.28. The van der Waals surface area contributed by atoms with Gasteiger partial charge in [-0.05, 0) is 55.3 Å². The third-order valence-electron chi connectivity index (χ3n) is 5.17. The topological polar surface area (TPSA) is 69.7 Å². The van der Waals surface area contributed by atoms with Crippen molar-refractivity contribution in [2.45, 2.75) is 19.4 Å².